The number of aromatic nitrogens is 2. The van der Waals surface area contributed by atoms with Crippen LogP contribution in [0.2, 0.25) is 5.02 Å². The van der Waals surface area contributed by atoms with E-state index in [0.29, 0.717) is 27.6 Å². The molecule has 4 rings (SSSR count). The molecule has 0 radical (unpaired) electrons. The van der Waals surface area contributed by atoms with Gasteiger partial charge in [-0.25, -0.2) is 4.39 Å². The van der Waals surface area contributed by atoms with Crippen LogP contribution in [0.4, 0.5) is 4.39 Å². The van der Waals surface area contributed by atoms with Gasteiger partial charge in [0.2, 0.25) is 0 Å². The van der Waals surface area contributed by atoms with Crippen LogP contribution in [0.3, 0.4) is 0 Å². The zero-order chi connectivity index (χ0) is 21.4. The summed E-state index contributed by atoms with van der Waals surface area (Å²) in [6.07, 6.45) is 0. The van der Waals surface area contributed by atoms with E-state index in [1.54, 1.807) is 36.0 Å². The van der Waals surface area contributed by atoms with Crippen LogP contribution in [0, 0.1) is 5.82 Å². The highest BCUT2D eigenvalue weighted by Gasteiger charge is 2.31. The molecule has 1 amide bonds. The molecular weight excluding hydrogens is 413 g/mol. The number of hydrogen-bond acceptors (Lipinski definition) is 4. The second kappa shape index (κ2) is 7.79. The molecule has 7 nitrogen and oxygen atoms in total. The number of aryl methyl sites for hydroxylation is 1. The summed E-state index contributed by atoms with van der Waals surface area (Å²) < 4.78 is 21.4. The lowest BCUT2D eigenvalue weighted by atomic mass is 10.0. The Bertz CT molecular complexity index is 1160. The molecular formula is C21H17ClFN3O4. The Morgan fingerprint density at radius 2 is 2.07 bits per heavy atom. The van der Waals surface area contributed by atoms with E-state index < -0.39 is 24.2 Å². The molecule has 0 saturated heterocycles. The number of halogens is 2. The summed E-state index contributed by atoms with van der Waals surface area (Å²) in [5.41, 5.74) is 2.17. The molecule has 0 unspecified atom stereocenters. The number of nitrogens with zero attached hydrogens (tertiary/aromatic N) is 3. The van der Waals surface area contributed by atoms with Crippen molar-refractivity contribution >= 4 is 23.5 Å². The minimum Gasteiger partial charge on any atom is -0.488 e. The van der Waals surface area contributed by atoms with E-state index >= 15 is 0 Å². The monoisotopic (exact) mass is 429 g/mol. The smallest absolute Gasteiger partial charge is 0.323 e. The molecule has 1 N–H and O–H groups in total. The summed E-state index contributed by atoms with van der Waals surface area (Å²) in [4.78, 5) is 25.7. The van der Waals surface area contributed by atoms with Gasteiger partial charge >= 0.3 is 5.97 Å². The predicted molar refractivity (Wildman–Crippen MR) is 107 cm³/mol. The first-order chi connectivity index (χ1) is 14.3. The lowest BCUT2D eigenvalue weighted by Gasteiger charge is -2.22. The number of benzene rings is 2. The number of carboxylic acids is 1. The maximum absolute atomic E-state index is 14.1. The summed E-state index contributed by atoms with van der Waals surface area (Å²) in [5, 5.41) is 14.1. The molecule has 1 aromatic heterocycles. The Labute approximate surface area is 176 Å². The fourth-order valence-electron chi connectivity index (χ4n) is 3.52. The van der Waals surface area contributed by atoms with E-state index in [9.17, 15) is 19.1 Å². The molecule has 0 atom stereocenters. The molecule has 9 heteroatoms. The maximum Gasteiger partial charge on any atom is 0.323 e. The quantitative estimate of drug-likeness (QED) is 0.671. The van der Waals surface area contributed by atoms with Crippen LogP contribution in [0.1, 0.15) is 21.6 Å². The molecule has 0 fully saturated rings. The highest BCUT2D eigenvalue weighted by Crippen LogP contribution is 2.40. The van der Waals surface area contributed by atoms with Crippen molar-refractivity contribution in [1.29, 1.82) is 0 Å². The zero-order valence-corrected chi connectivity index (χ0v) is 16.7. The van der Waals surface area contributed by atoms with E-state index in [1.165, 1.54) is 18.2 Å². The highest BCUT2D eigenvalue weighted by atomic mass is 35.5. The van der Waals surface area contributed by atoms with Crippen LogP contribution in [0.25, 0.3) is 11.3 Å². The summed E-state index contributed by atoms with van der Waals surface area (Å²) in [5.74, 6) is -1.73. The molecule has 154 valence electrons. The van der Waals surface area contributed by atoms with Gasteiger partial charge in [0.25, 0.3) is 5.91 Å². The zero-order valence-electron chi connectivity index (χ0n) is 15.9. The van der Waals surface area contributed by atoms with Crippen molar-refractivity contribution in [3.8, 4) is 17.0 Å². The van der Waals surface area contributed by atoms with Gasteiger partial charge in [-0.1, -0.05) is 29.8 Å². The van der Waals surface area contributed by atoms with Crippen molar-refractivity contribution in [2.75, 3.05) is 6.54 Å². The van der Waals surface area contributed by atoms with Crippen molar-refractivity contribution in [3.05, 3.63) is 70.1 Å². The standard InChI is InChI=1S/C21H17ClFN3O4/c1-25-20-14-8-13(22)6-7-17(14)30-11-15(20)19(24-25)21(29)26(10-18(27)28)9-12-4-2-3-5-16(12)23/h2-8H,9-11H2,1H3,(H,27,28). The molecule has 1 aliphatic rings. The summed E-state index contributed by atoms with van der Waals surface area (Å²) in [6.45, 7) is -0.701. The number of carboxylic acid groups (broad SMARTS) is 1. The van der Waals surface area contributed by atoms with Crippen molar-refractivity contribution in [2.24, 2.45) is 7.05 Å². The molecule has 3 aromatic rings. The third kappa shape index (κ3) is 3.61. The van der Waals surface area contributed by atoms with Gasteiger partial charge in [-0.05, 0) is 24.3 Å². The van der Waals surface area contributed by atoms with Crippen molar-refractivity contribution < 1.29 is 23.8 Å². The third-order valence-electron chi connectivity index (χ3n) is 4.85. The Balaban J connectivity index is 1.74. The Morgan fingerprint density at radius 1 is 1.30 bits per heavy atom. The van der Waals surface area contributed by atoms with Gasteiger partial charge in [-0.3, -0.25) is 14.3 Å². The van der Waals surface area contributed by atoms with Crippen LogP contribution >= 0.6 is 11.6 Å². The predicted octanol–water partition coefficient (Wildman–Crippen LogP) is 3.50. The summed E-state index contributed by atoms with van der Waals surface area (Å²) in [7, 11) is 1.68. The van der Waals surface area contributed by atoms with Gasteiger partial charge in [0.15, 0.2) is 5.69 Å². The molecule has 0 aliphatic carbocycles. The topological polar surface area (TPSA) is 84.7 Å². The average molecular weight is 430 g/mol. The molecule has 0 spiro atoms. The Morgan fingerprint density at radius 3 is 2.80 bits per heavy atom. The number of fused-ring (bicyclic) bond motifs is 3. The van der Waals surface area contributed by atoms with Crippen molar-refractivity contribution in [1.82, 2.24) is 14.7 Å². The fourth-order valence-corrected chi connectivity index (χ4v) is 3.69. The number of ether oxygens (including phenoxy) is 1. The van der Waals surface area contributed by atoms with E-state index in [1.807, 2.05) is 0 Å². The first kappa shape index (κ1) is 19.9. The maximum atomic E-state index is 14.1. The minimum absolute atomic E-state index is 0.0655. The van der Waals surface area contributed by atoms with Gasteiger partial charge in [0.05, 0.1) is 5.69 Å². The number of hydrogen-bond donors (Lipinski definition) is 1. The SMILES string of the molecule is Cn1nc(C(=O)N(CC(=O)O)Cc2ccccc2F)c2c1-c1cc(Cl)ccc1OC2. The van der Waals surface area contributed by atoms with Gasteiger partial charge in [0.1, 0.15) is 24.7 Å². The Hall–Kier alpha value is -3.39. The first-order valence-electron chi connectivity index (χ1n) is 9.08. The molecule has 1 aliphatic heterocycles. The van der Waals surface area contributed by atoms with Crippen LogP contribution in [-0.4, -0.2) is 38.2 Å². The fraction of sp³-hybridized carbons (Fsp3) is 0.190. The van der Waals surface area contributed by atoms with Crippen molar-refractivity contribution in [3.63, 3.8) is 0 Å². The number of amides is 1. The summed E-state index contributed by atoms with van der Waals surface area (Å²) in [6, 6.07) is 11.1. The number of rotatable bonds is 5. The van der Waals surface area contributed by atoms with Crippen LogP contribution in [-0.2, 0) is 25.0 Å². The van der Waals surface area contributed by atoms with E-state index in [0.717, 1.165) is 4.90 Å². The van der Waals surface area contributed by atoms with Gasteiger partial charge in [-0.2, -0.15) is 5.10 Å². The molecule has 0 bridgehead atoms. The van der Waals surface area contributed by atoms with E-state index in [2.05, 4.69) is 5.10 Å². The highest BCUT2D eigenvalue weighted by molar-refractivity contribution is 6.31. The van der Waals surface area contributed by atoms with E-state index in [4.69, 9.17) is 16.3 Å². The molecule has 2 heterocycles. The van der Waals surface area contributed by atoms with E-state index in [-0.39, 0.29) is 24.4 Å². The lowest BCUT2D eigenvalue weighted by molar-refractivity contribution is -0.137. The Kier molecular flexibility index (Phi) is 5.17. The first-order valence-corrected chi connectivity index (χ1v) is 9.46. The molecule has 2 aromatic carbocycles. The number of carbonyl (C=O) groups is 2. The van der Waals surface area contributed by atoms with Crippen LogP contribution in [0.5, 0.6) is 5.75 Å². The van der Waals surface area contributed by atoms with Gasteiger partial charge in [-0.15, -0.1) is 0 Å². The number of carbonyl (C=O) groups excluding carboxylic acids is 1. The van der Waals surface area contributed by atoms with Crippen molar-refractivity contribution in [2.45, 2.75) is 13.2 Å². The second-order valence-corrected chi connectivity index (χ2v) is 7.31. The molecule has 0 saturated carbocycles. The summed E-state index contributed by atoms with van der Waals surface area (Å²) >= 11 is 6.12. The van der Waals surface area contributed by atoms with Crippen LogP contribution in [0.15, 0.2) is 42.5 Å². The second-order valence-electron chi connectivity index (χ2n) is 6.87. The van der Waals surface area contributed by atoms with Gasteiger partial charge in [0, 0.05) is 35.3 Å². The van der Waals surface area contributed by atoms with Crippen LogP contribution < -0.4 is 4.74 Å². The average Bonchev–Trinajstić information content (AvgIpc) is 3.05. The lowest BCUT2D eigenvalue weighted by Crippen LogP contribution is -2.36. The number of aliphatic carboxylic acids is 1. The normalized spacial score (nSPS) is 12.0. The minimum atomic E-state index is -1.21. The third-order valence-corrected chi connectivity index (χ3v) is 5.08. The largest absolute Gasteiger partial charge is 0.488 e. The molecule has 30 heavy (non-hydrogen) atoms. The van der Waals surface area contributed by atoms with Gasteiger partial charge < -0.3 is 14.7 Å².